The number of nitrogens with zero attached hydrogens (tertiary/aromatic N) is 1. The Hall–Kier alpha value is -2.66. The molecule has 1 aliphatic carbocycles. The maximum atomic E-state index is 11.7. The summed E-state index contributed by atoms with van der Waals surface area (Å²) in [7, 11) is 0. The molecular weight excluding hydrogens is 318 g/mol. The van der Waals surface area contributed by atoms with Gasteiger partial charge in [0.1, 0.15) is 0 Å². The van der Waals surface area contributed by atoms with Gasteiger partial charge >= 0.3 is 11.9 Å². The average molecular weight is 339 g/mol. The first kappa shape index (κ1) is 17.2. The third-order valence-corrected chi connectivity index (χ3v) is 4.93. The first-order valence-electron chi connectivity index (χ1n) is 8.31. The monoisotopic (exact) mass is 339 g/mol. The Morgan fingerprint density at radius 3 is 2.08 bits per heavy atom. The average Bonchev–Trinajstić information content (AvgIpc) is 3.36. The second kappa shape index (κ2) is 7.07. The van der Waals surface area contributed by atoms with Gasteiger partial charge in [0.25, 0.3) is 0 Å². The molecule has 1 saturated carbocycles. The number of rotatable bonds is 7. The van der Waals surface area contributed by atoms with E-state index in [1.807, 2.05) is 67.6 Å². The Bertz CT molecular complexity index is 747. The van der Waals surface area contributed by atoms with Gasteiger partial charge in [-0.3, -0.25) is 14.5 Å². The lowest BCUT2D eigenvalue weighted by Crippen LogP contribution is -2.36. The van der Waals surface area contributed by atoms with Gasteiger partial charge in [-0.25, -0.2) is 0 Å². The van der Waals surface area contributed by atoms with Crippen LogP contribution < -0.4 is 0 Å². The topological polar surface area (TPSA) is 77.8 Å². The Morgan fingerprint density at radius 2 is 1.56 bits per heavy atom. The smallest absolute Gasteiger partial charge is 0.317 e. The molecule has 1 aliphatic rings. The van der Waals surface area contributed by atoms with Crippen LogP contribution in [0.5, 0.6) is 0 Å². The van der Waals surface area contributed by atoms with Crippen LogP contribution >= 0.6 is 0 Å². The predicted octanol–water partition coefficient (Wildman–Crippen LogP) is 3.00. The summed E-state index contributed by atoms with van der Waals surface area (Å²) in [6.45, 7) is 1.74. The van der Waals surface area contributed by atoms with Crippen LogP contribution in [0.2, 0.25) is 0 Å². The second-order valence-corrected chi connectivity index (χ2v) is 6.44. The van der Waals surface area contributed by atoms with Gasteiger partial charge in [0.2, 0.25) is 0 Å². The van der Waals surface area contributed by atoms with E-state index in [0.717, 1.165) is 11.1 Å². The molecule has 0 heterocycles. The van der Waals surface area contributed by atoms with Crippen LogP contribution in [-0.2, 0) is 9.59 Å². The third-order valence-electron chi connectivity index (χ3n) is 4.93. The molecule has 1 fully saturated rings. The van der Waals surface area contributed by atoms with E-state index in [2.05, 4.69) is 0 Å². The fraction of sp³-hybridized carbons (Fsp3) is 0.300. The first-order chi connectivity index (χ1) is 12.0. The molecule has 5 heteroatoms. The third kappa shape index (κ3) is 3.56. The molecule has 2 aromatic rings. The van der Waals surface area contributed by atoms with Crippen molar-refractivity contribution in [2.24, 2.45) is 5.92 Å². The largest absolute Gasteiger partial charge is 0.481 e. The second-order valence-electron chi connectivity index (χ2n) is 6.44. The normalized spacial score (nSPS) is 23.2. The molecule has 0 bridgehead atoms. The van der Waals surface area contributed by atoms with Crippen molar-refractivity contribution in [3.63, 3.8) is 0 Å². The molecule has 5 nitrogen and oxygen atoms in total. The molecule has 0 aliphatic heterocycles. The fourth-order valence-electron chi connectivity index (χ4n) is 3.67. The molecule has 0 spiro atoms. The van der Waals surface area contributed by atoms with Gasteiger partial charge in [-0.2, -0.15) is 0 Å². The Kier molecular flexibility index (Phi) is 4.86. The minimum atomic E-state index is -0.953. The van der Waals surface area contributed by atoms with E-state index in [1.165, 1.54) is 0 Å². The molecule has 0 aromatic heterocycles. The van der Waals surface area contributed by atoms with Gasteiger partial charge in [0, 0.05) is 18.0 Å². The quantitative estimate of drug-likeness (QED) is 0.811. The van der Waals surface area contributed by atoms with Crippen LogP contribution in [-0.4, -0.2) is 39.6 Å². The minimum Gasteiger partial charge on any atom is -0.481 e. The van der Waals surface area contributed by atoms with Crippen molar-refractivity contribution in [2.45, 2.75) is 24.9 Å². The van der Waals surface area contributed by atoms with Crippen molar-refractivity contribution < 1.29 is 19.8 Å². The molecule has 4 unspecified atom stereocenters. The number of carboxylic acid groups (broad SMARTS) is 2. The Labute approximate surface area is 146 Å². The van der Waals surface area contributed by atoms with Crippen molar-refractivity contribution in [1.29, 1.82) is 0 Å². The van der Waals surface area contributed by atoms with Crippen LogP contribution in [0.4, 0.5) is 0 Å². The van der Waals surface area contributed by atoms with Gasteiger partial charge in [0.15, 0.2) is 0 Å². The SMILES string of the molecule is CC(c1ccccc1)N(CC(=O)O)C1C(C(=O)O)C1c1ccccc1. The minimum absolute atomic E-state index is 0.183. The molecular formula is C20H21NO4. The predicted molar refractivity (Wildman–Crippen MR) is 93.3 cm³/mol. The highest BCUT2D eigenvalue weighted by atomic mass is 16.4. The van der Waals surface area contributed by atoms with Crippen molar-refractivity contribution in [3.8, 4) is 0 Å². The van der Waals surface area contributed by atoms with Crippen LogP contribution in [0.15, 0.2) is 60.7 Å². The first-order valence-corrected chi connectivity index (χ1v) is 8.31. The standard InChI is InChI=1S/C20H21NO4/c1-13(14-8-4-2-5-9-14)21(12-16(22)23)19-17(18(19)20(24)25)15-10-6-3-7-11-15/h2-11,13,17-19H,12H2,1H3,(H,22,23)(H,24,25). The molecule has 25 heavy (non-hydrogen) atoms. The highest BCUT2D eigenvalue weighted by Crippen LogP contribution is 2.53. The van der Waals surface area contributed by atoms with Crippen molar-refractivity contribution in [3.05, 3.63) is 71.8 Å². The fourth-order valence-corrected chi connectivity index (χ4v) is 3.67. The van der Waals surface area contributed by atoms with Gasteiger partial charge in [-0.15, -0.1) is 0 Å². The Balaban J connectivity index is 1.92. The summed E-state index contributed by atoms with van der Waals surface area (Å²) in [5, 5.41) is 19.0. The molecule has 0 amide bonds. The lowest BCUT2D eigenvalue weighted by Gasteiger charge is -2.28. The highest BCUT2D eigenvalue weighted by molar-refractivity contribution is 5.78. The van der Waals surface area contributed by atoms with Gasteiger partial charge < -0.3 is 10.2 Å². The van der Waals surface area contributed by atoms with E-state index in [-0.39, 0.29) is 24.5 Å². The van der Waals surface area contributed by atoms with Gasteiger partial charge in [0.05, 0.1) is 12.5 Å². The number of carbonyl (C=O) groups is 2. The molecule has 0 saturated heterocycles. The van der Waals surface area contributed by atoms with E-state index >= 15 is 0 Å². The van der Waals surface area contributed by atoms with Crippen LogP contribution in [0.1, 0.15) is 30.0 Å². The van der Waals surface area contributed by atoms with Crippen LogP contribution in [0.25, 0.3) is 0 Å². The van der Waals surface area contributed by atoms with E-state index < -0.39 is 17.9 Å². The molecule has 2 N–H and O–H groups in total. The van der Waals surface area contributed by atoms with E-state index in [0.29, 0.717) is 0 Å². The summed E-state index contributed by atoms with van der Waals surface area (Å²) in [4.78, 5) is 24.9. The van der Waals surface area contributed by atoms with Gasteiger partial charge in [-0.05, 0) is 18.1 Å². The highest BCUT2D eigenvalue weighted by Gasteiger charge is 2.59. The summed E-state index contributed by atoms with van der Waals surface area (Å²) < 4.78 is 0. The molecule has 0 radical (unpaired) electrons. The number of aliphatic carboxylic acids is 2. The number of hydrogen-bond donors (Lipinski definition) is 2. The Morgan fingerprint density at radius 1 is 1.00 bits per heavy atom. The van der Waals surface area contributed by atoms with Crippen molar-refractivity contribution in [2.75, 3.05) is 6.54 Å². The maximum Gasteiger partial charge on any atom is 0.317 e. The van der Waals surface area contributed by atoms with Gasteiger partial charge in [-0.1, -0.05) is 60.7 Å². The molecule has 2 aromatic carbocycles. The number of carboxylic acids is 2. The summed E-state index contributed by atoms with van der Waals surface area (Å²) in [5.74, 6) is -2.61. The van der Waals surface area contributed by atoms with Crippen molar-refractivity contribution >= 4 is 11.9 Å². The zero-order valence-corrected chi connectivity index (χ0v) is 13.9. The van der Waals surface area contributed by atoms with E-state index in [9.17, 15) is 19.8 Å². The lowest BCUT2D eigenvalue weighted by molar-refractivity contribution is -0.142. The summed E-state index contributed by atoms with van der Waals surface area (Å²) in [6.07, 6.45) is 0. The number of hydrogen-bond acceptors (Lipinski definition) is 3. The maximum absolute atomic E-state index is 11.7. The zero-order chi connectivity index (χ0) is 18.0. The van der Waals surface area contributed by atoms with Crippen LogP contribution in [0, 0.1) is 5.92 Å². The number of benzene rings is 2. The van der Waals surface area contributed by atoms with Crippen molar-refractivity contribution in [1.82, 2.24) is 4.90 Å². The summed E-state index contributed by atoms with van der Waals surface area (Å²) in [5.41, 5.74) is 1.92. The van der Waals surface area contributed by atoms with E-state index in [1.54, 1.807) is 4.90 Å². The zero-order valence-electron chi connectivity index (χ0n) is 13.9. The summed E-state index contributed by atoms with van der Waals surface area (Å²) >= 11 is 0. The molecule has 130 valence electrons. The van der Waals surface area contributed by atoms with Crippen LogP contribution in [0.3, 0.4) is 0 Å². The lowest BCUT2D eigenvalue weighted by atomic mass is 10.1. The molecule has 4 atom stereocenters. The van der Waals surface area contributed by atoms with E-state index in [4.69, 9.17) is 0 Å². The molecule has 3 rings (SSSR count). The summed E-state index contributed by atoms with van der Waals surface area (Å²) in [6, 6.07) is 18.5.